The van der Waals surface area contributed by atoms with Crippen molar-refractivity contribution in [2.75, 3.05) is 47.5 Å². The predicted octanol–water partition coefficient (Wildman–Crippen LogP) is 1.28. The molecule has 0 aromatic carbocycles. The number of esters is 1. The molecule has 1 saturated heterocycles. The molecule has 122 valence electrons. The Kier molecular flexibility index (Phi) is 6.02. The first-order chi connectivity index (χ1) is 10.2. The van der Waals surface area contributed by atoms with E-state index in [1.165, 1.54) is 13.5 Å². The summed E-state index contributed by atoms with van der Waals surface area (Å²) >= 11 is 0. The van der Waals surface area contributed by atoms with Crippen LogP contribution in [0.25, 0.3) is 0 Å². The maximum absolute atomic E-state index is 12.2. The van der Waals surface area contributed by atoms with Gasteiger partial charge in [-0.25, -0.2) is 0 Å². The number of methoxy groups -OCH3 is 2. The largest absolute Gasteiger partial charge is 0.468 e. The van der Waals surface area contributed by atoms with Crippen LogP contribution in [0.3, 0.4) is 0 Å². The number of carbonyl (C=O) groups is 1. The lowest BCUT2D eigenvalue weighted by atomic mass is 9.84. The second kappa shape index (κ2) is 7.56. The molecule has 5 heteroatoms. The van der Waals surface area contributed by atoms with Crippen LogP contribution in [0.4, 0.5) is 0 Å². The molecule has 0 spiro atoms. The quantitative estimate of drug-likeness (QED) is 0.718. The molecule has 3 unspecified atom stereocenters. The van der Waals surface area contributed by atoms with Gasteiger partial charge in [0.25, 0.3) is 0 Å². The average Bonchev–Trinajstić information content (AvgIpc) is 3.11. The molecule has 3 atom stereocenters. The standard InChI is InChI=1S/C16H30N2O3/c1-17-16(15(19)21-3)8-4-5-14(16)7-10-18-9-6-13(11-18)12-20-2/h13-14,17H,4-12H2,1-3H3. The minimum atomic E-state index is -0.458. The lowest BCUT2D eigenvalue weighted by molar-refractivity contribution is -0.150. The Morgan fingerprint density at radius 3 is 2.86 bits per heavy atom. The van der Waals surface area contributed by atoms with Crippen LogP contribution in [-0.4, -0.2) is 63.9 Å². The topological polar surface area (TPSA) is 50.8 Å². The van der Waals surface area contributed by atoms with Gasteiger partial charge in [0.2, 0.25) is 0 Å². The van der Waals surface area contributed by atoms with Gasteiger partial charge in [0.15, 0.2) is 0 Å². The van der Waals surface area contributed by atoms with Crippen molar-refractivity contribution in [3.8, 4) is 0 Å². The molecule has 0 radical (unpaired) electrons. The van der Waals surface area contributed by atoms with E-state index in [1.54, 1.807) is 7.11 Å². The summed E-state index contributed by atoms with van der Waals surface area (Å²) in [7, 11) is 5.16. The minimum absolute atomic E-state index is 0.0915. The number of likely N-dealkylation sites (tertiary alicyclic amines) is 1. The maximum Gasteiger partial charge on any atom is 0.326 e. The Hall–Kier alpha value is -0.650. The highest BCUT2D eigenvalue weighted by atomic mass is 16.5. The van der Waals surface area contributed by atoms with Crippen LogP contribution in [-0.2, 0) is 14.3 Å². The van der Waals surface area contributed by atoms with Crippen molar-refractivity contribution in [3.05, 3.63) is 0 Å². The summed E-state index contributed by atoms with van der Waals surface area (Å²) in [5.41, 5.74) is -0.458. The van der Waals surface area contributed by atoms with Gasteiger partial charge in [-0.05, 0) is 57.7 Å². The van der Waals surface area contributed by atoms with E-state index in [-0.39, 0.29) is 5.97 Å². The molecule has 5 nitrogen and oxygen atoms in total. The van der Waals surface area contributed by atoms with E-state index < -0.39 is 5.54 Å². The first-order valence-corrected chi connectivity index (χ1v) is 8.15. The van der Waals surface area contributed by atoms with Crippen molar-refractivity contribution >= 4 is 5.97 Å². The van der Waals surface area contributed by atoms with Gasteiger partial charge >= 0.3 is 5.97 Å². The first kappa shape index (κ1) is 16.7. The molecule has 2 aliphatic rings. The lowest BCUT2D eigenvalue weighted by Crippen LogP contribution is -2.54. The molecule has 21 heavy (non-hydrogen) atoms. The molecule has 0 bridgehead atoms. The Morgan fingerprint density at radius 2 is 2.19 bits per heavy atom. The van der Waals surface area contributed by atoms with Crippen molar-refractivity contribution in [2.24, 2.45) is 11.8 Å². The fraction of sp³-hybridized carbons (Fsp3) is 0.938. The number of nitrogens with one attached hydrogen (secondary N) is 1. The summed E-state index contributed by atoms with van der Waals surface area (Å²) in [6, 6.07) is 0. The highest BCUT2D eigenvalue weighted by Gasteiger charge is 2.48. The van der Waals surface area contributed by atoms with E-state index in [2.05, 4.69) is 10.2 Å². The van der Waals surface area contributed by atoms with E-state index in [9.17, 15) is 4.79 Å². The second-order valence-electron chi connectivity index (χ2n) is 6.50. The molecule has 0 aromatic heterocycles. The van der Waals surface area contributed by atoms with Crippen LogP contribution in [0.2, 0.25) is 0 Å². The van der Waals surface area contributed by atoms with Gasteiger partial charge < -0.3 is 19.7 Å². The van der Waals surface area contributed by atoms with Crippen LogP contribution in [0, 0.1) is 11.8 Å². The van der Waals surface area contributed by atoms with Gasteiger partial charge in [0.1, 0.15) is 5.54 Å². The number of rotatable bonds is 7. The van der Waals surface area contributed by atoms with E-state index >= 15 is 0 Å². The highest BCUT2D eigenvalue weighted by Crippen LogP contribution is 2.39. The molecule has 0 amide bonds. The summed E-state index contributed by atoms with van der Waals surface area (Å²) in [4.78, 5) is 14.7. The molecular formula is C16H30N2O3. The number of hydrogen-bond donors (Lipinski definition) is 1. The lowest BCUT2D eigenvalue weighted by Gasteiger charge is -2.33. The van der Waals surface area contributed by atoms with Crippen molar-refractivity contribution in [1.82, 2.24) is 10.2 Å². The zero-order chi connectivity index (χ0) is 15.3. The van der Waals surface area contributed by atoms with Crippen LogP contribution in [0.15, 0.2) is 0 Å². The average molecular weight is 298 g/mol. The van der Waals surface area contributed by atoms with Crippen LogP contribution >= 0.6 is 0 Å². The van der Waals surface area contributed by atoms with E-state index in [1.807, 2.05) is 7.05 Å². The van der Waals surface area contributed by atoms with Gasteiger partial charge in [0.05, 0.1) is 13.7 Å². The van der Waals surface area contributed by atoms with E-state index in [4.69, 9.17) is 9.47 Å². The fourth-order valence-corrected chi connectivity index (χ4v) is 4.18. The summed E-state index contributed by atoms with van der Waals surface area (Å²) < 4.78 is 10.3. The zero-order valence-electron chi connectivity index (χ0n) is 13.7. The summed E-state index contributed by atoms with van der Waals surface area (Å²) in [6.45, 7) is 4.23. The molecule has 1 N–H and O–H groups in total. The van der Waals surface area contributed by atoms with E-state index in [0.29, 0.717) is 11.8 Å². The summed E-state index contributed by atoms with van der Waals surface area (Å²) in [5, 5.41) is 3.27. The molecule has 2 fully saturated rings. The number of hydrogen-bond acceptors (Lipinski definition) is 5. The Labute approximate surface area is 128 Å². The van der Waals surface area contributed by atoms with Crippen LogP contribution in [0.1, 0.15) is 32.1 Å². The maximum atomic E-state index is 12.2. The smallest absolute Gasteiger partial charge is 0.326 e. The summed E-state index contributed by atoms with van der Waals surface area (Å²) in [5.74, 6) is 0.968. The van der Waals surface area contributed by atoms with Crippen molar-refractivity contribution in [1.29, 1.82) is 0 Å². The minimum Gasteiger partial charge on any atom is -0.468 e. The van der Waals surface area contributed by atoms with Gasteiger partial charge in [0, 0.05) is 13.7 Å². The molecule has 1 heterocycles. The van der Waals surface area contributed by atoms with Gasteiger partial charge in [-0.15, -0.1) is 0 Å². The third-order valence-electron chi connectivity index (χ3n) is 5.38. The van der Waals surface area contributed by atoms with Gasteiger partial charge in [-0.1, -0.05) is 6.42 Å². The fourth-order valence-electron chi connectivity index (χ4n) is 4.18. The van der Waals surface area contributed by atoms with Crippen LogP contribution in [0.5, 0.6) is 0 Å². The van der Waals surface area contributed by atoms with Crippen LogP contribution < -0.4 is 5.32 Å². The normalized spacial score (nSPS) is 33.5. The Bertz CT molecular complexity index is 350. The predicted molar refractivity (Wildman–Crippen MR) is 82.2 cm³/mol. The van der Waals surface area contributed by atoms with E-state index in [0.717, 1.165) is 51.9 Å². The third-order valence-corrected chi connectivity index (χ3v) is 5.38. The number of ether oxygens (including phenoxy) is 2. The van der Waals surface area contributed by atoms with Crippen molar-refractivity contribution < 1.29 is 14.3 Å². The van der Waals surface area contributed by atoms with Crippen molar-refractivity contribution in [2.45, 2.75) is 37.6 Å². The molecular weight excluding hydrogens is 268 g/mol. The monoisotopic (exact) mass is 298 g/mol. The molecule has 1 saturated carbocycles. The molecule has 0 aromatic rings. The van der Waals surface area contributed by atoms with Crippen molar-refractivity contribution in [3.63, 3.8) is 0 Å². The third kappa shape index (κ3) is 3.58. The molecule has 1 aliphatic heterocycles. The van der Waals surface area contributed by atoms with Gasteiger partial charge in [-0.3, -0.25) is 4.79 Å². The number of carbonyl (C=O) groups excluding carboxylic acids is 1. The number of likely N-dealkylation sites (N-methyl/N-ethyl adjacent to an activating group) is 1. The highest BCUT2D eigenvalue weighted by molar-refractivity contribution is 5.81. The second-order valence-corrected chi connectivity index (χ2v) is 6.50. The number of nitrogens with zero attached hydrogens (tertiary/aromatic N) is 1. The Morgan fingerprint density at radius 1 is 1.38 bits per heavy atom. The molecule has 2 rings (SSSR count). The summed E-state index contributed by atoms with van der Waals surface area (Å²) in [6.07, 6.45) is 5.41. The van der Waals surface area contributed by atoms with Gasteiger partial charge in [-0.2, -0.15) is 0 Å². The SMILES string of the molecule is CNC1(C(=O)OC)CCCC1CCN1CCC(COC)C1. The molecule has 1 aliphatic carbocycles. The zero-order valence-corrected chi connectivity index (χ0v) is 13.7. The first-order valence-electron chi connectivity index (χ1n) is 8.15. The Balaban J connectivity index is 1.86.